The van der Waals surface area contributed by atoms with Gasteiger partial charge in [0.25, 0.3) is 0 Å². The topological polar surface area (TPSA) is 70.8 Å². The first kappa shape index (κ1) is 18.2. The summed E-state index contributed by atoms with van der Waals surface area (Å²) in [5, 5.41) is 2.88. The molecule has 2 aromatic rings. The molecule has 1 aliphatic heterocycles. The molecule has 0 spiro atoms. The molecule has 3 N–H and O–H groups in total. The standard InChI is InChI=1S/C20H26N4O2/c1-26-17-7-8-18(21)19(13-17)22-20(25)15-24-11-9-23(10-12-24)14-16-5-3-2-4-6-16/h2-8,13H,9-12,14-15,21H2,1H3,(H,22,25). The van der Waals surface area contributed by atoms with Crippen molar-refractivity contribution in [2.75, 3.05) is 50.9 Å². The predicted octanol–water partition coefficient (Wildman–Crippen LogP) is 2.03. The number of nitrogens with zero attached hydrogens (tertiary/aromatic N) is 2. The Morgan fingerprint density at radius 3 is 2.46 bits per heavy atom. The van der Waals surface area contributed by atoms with E-state index in [-0.39, 0.29) is 5.91 Å². The van der Waals surface area contributed by atoms with Gasteiger partial charge in [-0.1, -0.05) is 30.3 Å². The fraction of sp³-hybridized carbons (Fsp3) is 0.350. The summed E-state index contributed by atoms with van der Waals surface area (Å²) in [5.41, 5.74) is 8.38. The summed E-state index contributed by atoms with van der Waals surface area (Å²) in [6.45, 7) is 5.02. The van der Waals surface area contributed by atoms with Crippen molar-refractivity contribution in [3.8, 4) is 5.75 Å². The van der Waals surface area contributed by atoms with E-state index >= 15 is 0 Å². The van der Waals surface area contributed by atoms with Gasteiger partial charge in [-0.3, -0.25) is 14.6 Å². The number of carbonyl (C=O) groups is 1. The molecule has 1 amide bonds. The fourth-order valence-electron chi connectivity index (χ4n) is 3.11. The molecule has 0 aromatic heterocycles. The second-order valence-electron chi connectivity index (χ2n) is 6.54. The molecular formula is C20H26N4O2. The van der Waals surface area contributed by atoms with E-state index in [9.17, 15) is 4.79 Å². The molecule has 0 unspecified atom stereocenters. The van der Waals surface area contributed by atoms with Crippen LogP contribution in [0.25, 0.3) is 0 Å². The molecule has 0 bridgehead atoms. The molecule has 1 heterocycles. The summed E-state index contributed by atoms with van der Waals surface area (Å²) in [5.74, 6) is 0.616. The van der Waals surface area contributed by atoms with Crippen molar-refractivity contribution in [1.82, 2.24) is 9.80 Å². The van der Waals surface area contributed by atoms with Crippen molar-refractivity contribution in [1.29, 1.82) is 0 Å². The van der Waals surface area contributed by atoms with Crippen LogP contribution in [0.4, 0.5) is 11.4 Å². The number of nitrogens with one attached hydrogen (secondary N) is 1. The van der Waals surface area contributed by atoms with Gasteiger partial charge in [-0.15, -0.1) is 0 Å². The lowest BCUT2D eigenvalue weighted by Crippen LogP contribution is -2.48. The number of amides is 1. The van der Waals surface area contributed by atoms with Gasteiger partial charge in [0.15, 0.2) is 0 Å². The molecule has 2 aromatic carbocycles. The Morgan fingerprint density at radius 2 is 1.77 bits per heavy atom. The number of carbonyl (C=O) groups excluding carboxylic acids is 1. The number of ether oxygens (including phenoxy) is 1. The number of rotatable bonds is 6. The molecule has 6 heteroatoms. The van der Waals surface area contributed by atoms with Gasteiger partial charge in [-0.25, -0.2) is 0 Å². The van der Waals surface area contributed by atoms with Crippen LogP contribution in [0.5, 0.6) is 5.75 Å². The van der Waals surface area contributed by atoms with Crippen molar-refractivity contribution in [3.05, 3.63) is 54.1 Å². The first-order chi connectivity index (χ1) is 12.6. The highest BCUT2D eigenvalue weighted by molar-refractivity contribution is 5.95. The molecule has 3 rings (SSSR count). The lowest BCUT2D eigenvalue weighted by atomic mass is 10.2. The average Bonchev–Trinajstić information content (AvgIpc) is 2.66. The smallest absolute Gasteiger partial charge is 0.238 e. The van der Waals surface area contributed by atoms with E-state index in [0.29, 0.717) is 23.7 Å². The lowest BCUT2D eigenvalue weighted by molar-refractivity contribution is -0.117. The third kappa shape index (κ3) is 4.97. The van der Waals surface area contributed by atoms with Gasteiger partial charge in [0.2, 0.25) is 5.91 Å². The minimum Gasteiger partial charge on any atom is -0.497 e. The highest BCUT2D eigenvalue weighted by Crippen LogP contribution is 2.24. The maximum atomic E-state index is 12.3. The number of piperazine rings is 1. The summed E-state index contributed by atoms with van der Waals surface area (Å²) in [6, 6.07) is 15.7. The van der Waals surface area contributed by atoms with Gasteiger partial charge in [0.05, 0.1) is 25.0 Å². The number of methoxy groups -OCH3 is 1. The van der Waals surface area contributed by atoms with Crippen LogP contribution in [0.15, 0.2) is 48.5 Å². The number of nitrogen functional groups attached to an aromatic ring is 1. The Balaban J connectivity index is 1.46. The largest absolute Gasteiger partial charge is 0.497 e. The van der Waals surface area contributed by atoms with E-state index in [1.165, 1.54) is 5.56 Å². The molecule has 1 saturated heterocycles. The molecule has 0 aliphatic carbocycles. The zero-order valence-corrected chi connectivity index (χ0v) is 15.1. The van der Waals surface area contributed by atoms with Crippen LogP contribution in [-0.4, -0.2) is 55.5 Å². The fourth-order valence-corrected chi connectivity index (χ4v) is 3.11. The highest BCUT2D eigenvalue weighted by atomic mass is 16.5. The van der Waals surface area contributed by atoms with E-state index < -0.39 is 0 Å². The normalized spacial score (nSPS) is 15.6. The van der Waals surface area contributed by atoms with Crippen LogP contribution in [0.1, 0.15) is 5.56 Å². The molecular weight excluding hydrogens is 328 g/mol. The van der Waals surface area contributed by atoms with Crippen LogP contribution in [0.2, 0.25) is 0 Å². The molecule has 1 fully saturated rings. The van der Waals surface area contributed by atoms with Gasteiger partial charge < -0.3 is 15.8 Å². The first-order valence-electron chi connectivity index (χ1n) is 8.86. The molecule has 26 heavy (non-hydrogen) atoms. The van der Waals surface area contributed by atoms with Gasteiger partial charge in [0.1, 0.15) is 5.75 Å². The summed E-state index contributed by atoms with van der Waals surface area (Å²) in [4.78, 5) is 16.9. The number of hydrogen-bond donors (Lipinski definition) is 2. The molecule has 0 radical (unpaired) electrons. The van der Waals surface area contributed by atoms with Crippen LogP contribution in [-0.2, 0) is 11.3 Å². The second-order valence-corrected chi connectivity index (χ2v) is 6.54. The van der Waals surface area contributed by atoms with Crippen LogP contribution in [0.3, 0.4) is 0 Å². The third-order valence-corrected chi connectivity index (χ3v) is 4.62. The predicted molar refractivity (Wildman–Crippen MR) is 104 cm³/mol. The molecule has 1 aliphatic rings. The third-order valence-electron chi connectivity index (χ3n) is 4.62. The Kier molecular flexibility index (Phi) is 6.09. The van der Waals surface area contributed by atoms with Crippen LogP contribution >= 0.6 is 0 Å². The molecule has 6 nitrogen and oxygen atoms in total. The highest BCUT2D eigenvalue weighted by Gasteiger charge is 2.19. The second kappa shape index (κ2) is 8.69. The summed E-state index contributed by atoms with van der Waals surface area (Å²) in [7, 11) is 1.59. The Hall–Kier alpha value is -2.57. The monoisotopic (exact) mass is 354 g/mol. The zero-order chi connectivity index (χ0) is 18.4. The van der Waals surface area contributed by atoms with E-state index in [0.717, 1.165) is 32.7 Å². The Morgan fingerprint density at radius 1 is 1.08 bits per heavy atom. The molecule has 0 atom stereocenters. The summed E-state index contributed by atoms with van der Waals surface area (Å²) in [6.07, 6.45) is 0. The number of hydrogen-bond acceptors (Lipinski definition) is 5. The van der Waals surface area contributed by atoms with E-state index in [4.69, 9.17) is 10.5 Å². The van der Waals surface area contributed by atoms with Gasteiger partial charge in [0, 0.05) is 38.8 Å². The Labute approximate surface area is 154 Å². The maximum absolute atomic E-state index is 12.3. The minimum atomic E-state index is -0.0542. The molecule has 0 saturated carbocycles. The summed E-state index contributed by atoms with van der Waals surface area (Å²) < 4.78 is 5.18. The Bertz CT molecular complexity index is 728. The lowest BCUT2D eigenvalue weighted by Gasteiger charge is -2.34. The quantitative estimate of drug-likeness (QED) is 0.777. The SMILES string of the molecule is COc1ccc(N)c(NC(=O)CN2CCN(Cc3ccccc3)CC2)c1. The van der Waals surface area contributed by atoms with Crippen molar-refractivity contribution in [2.24, 2.45) is 0 Å². The van der Waals surface area contributed by atoms with Crippen molar-refractivity contribution >= 4 is 17.3 Å². The average molecular weight is 354 g/mol. The maximum Gasteiger partial charge on any atom is 0.238 e. The van der Waals surface area contributed by atoms with E-state index in [1.54, 1.807) is 25.3 Å². The van der Waals surface area contributed by atoms with E-state index in [2.05, 4.69) is 39.4 Å². The summed E-state index contributed by atoms with van der Waals surface area (Å²) >= 11 is 0. The van der Waals surface area contributed by atoms with Crippen molar-refractivity contribution in [2.45, 2.75) is 6.54 Å². The zero-order valence-electron chi connectivity index (χ0n) is 15.1. The van der Waals surface area contributed by atoms with Gasteiger partial charge in [-0.05, 0) is 17.7 Å². The van der Waals surface area contributed by atoms with Gasteiger partial charge >= 0.3 is 0 Å². The first-order valence-corrected chi connectivity index (χ1v) is 8.86. The molecule has 138 valence electrons. The minimum absolute atomic E-state index is 0.0542. The van der Waals surface area contributed by atoms with Crippen molar-refractivity contribution < 1.29 is 9.53 Å². The van der Waals surface area contributed by atoms with Gasteiger partial charge in [-0.2, -0.15) is 0 Å². The number of benzene rings is 2. The van der Waals surface area contributed by atoms with Crippen molar-refractivity contribution in [3.63, 3.8) is 0 Å². The number of anilines is 2. The number of nitrogens with two attached hydrogens (primary N) is 1. The van der Waals surface area contributed by atoms with E-state index in [1.807, 2.05) is 6.07 Å². The van der Waals surface area contributed by atoms with Crippen LogP contribution in [0, 0.1) is 0 Å². The van der Waals surface area contributed by atoms with Crippen LogP contribution < -0.4 is 15.8 Å².